The number of nitrogens with one attached hydrogen (secondary N) is 1. The van der Waals surface area contributed by atoms with Gasteiger partial charge in [-0.2, -0.15) is 5.10 Å². The third-order valence-electron chi connectivity index (χ3n) is 11.4. The van der Waals surface area contributed by atoms with E-state index in [-0.39, 0.29) is 22.5 Å². The Bertz CT molecular complexity index is 1130. The first-order valence-corrected chi connectivity index (χ1v) is 17.3. The zero-order valence-electron chi connectivity index (χ0n) is 24.1. The molecule has 3 aliphatic carbocycles. The lowest BCUT2D eigenvalue weighted by Crippen LogP contribution is -2.53. The van der Waals surface area contributed by atoms with Gasteiger partial charge in [0.05, 0.1) is 6.20 Å². The van der Waals surface area contributed by atoms with E-state index in [0.29, 0.717) is 23.7 Å². The highest BCUT2D eigenvalue weighted by Gasteiger charge is 2.57. The summed E-state index contributed by atoms with van der Waals surface area (Å²) in [5.41, 5.74) is 5.71. The largest absolute Gasteiger partial charge is 0.417 e. The Morgan fingerprint density at radius 3 is 2.54 bits per heavy atom. The second-order valence-corrected chi connectivity index (χ2v) is 19.1. The molecule has 5 rings (SSSR count). The van der Waals surface area contributed by atoms with Crippen LogP contribution in [0.25, 0.3) is 5.57 Å². The van der Waals surface area contributed by atoms with E-state index in [4.69, 9.17) is 4.43 Å². The lowest BCUT2D eigenvalue weighted by Gasteiger charge is -2.56. The standard InChI is InChI=1S/C32H48N2O2Si/c1-30(2,3)37(6,7)36-21-24-17-29-23(19-33-34-29)18-32(24,5)28-15-16-31(4)26(22-11-9-8-10-12-22)13-14-27(31)25(28)20-35/h8-13,19,24-25,27-28,35H,14-18,20-21H2,1-7H3,(H,33,34)/t24-,25+,27+,28+,31-,32+/m1/s1. The van der Waals surface area contributed by atoms with E-state index in [1.807, 2.05) is 6.20 Å². The summed E-state index contributed by atoms with van der Waals surface area (Å²) in [6.07, 6.45) is 9.95. The van der Waals surface area contributed by atoms with Crippen LogP contribution in [0.5, 0.6) is 0 Å². The molecule has 0 amide bonds. The number of rotatable bonds is 6. The van der Waals surface area contributed by atoms with Crippen molar-refractivity contribution in [1.29, 1.82) is 0 Å². The number of benzene rings is 1. The second kappa shape index (κ2) is 9.50. The summed E-state index contributed by atoms with van der Waals surface area (Å²) in [5, 5.41) is 18.9. The van der Waals surface area contributed by atoms with E-state index in [9.17, 15) is 5.11 Å². The SMILES string of the molecule is CC(C)(C)[Si](C)(C)OC[C@H]1Cc2[nH]ncc2C[C@]1(C)[C@H]1CC[C@]2(C)C(c3ccccc3)=CC[C@H]2[C@@H]1CO. The molecule has 37 heavy (non-hydrogen) atoms. The zero-order chi connectivity index (χ0) is 26.6. The monoisotopic (exact) mass is 520 g/mol. The molecular formula is C32H48N2O2Si. The second-order valence-electron chi connectivity index (χ2n) is 14.3. The van der Waals surface area contributed by atoms with Crippen molar-refractivity contribution < 1.29 is 9.53 Å². The summed E-state index contributed by atoms with van der Waals surface area (Å²) in [6, 6.07) is 10.9. The van der Waals surface area contributed by atoms with E-state index < -0.39 is 8.32 Å². The van der Waals surface area contributed by atoms with Gasteiger partial charge >= 0.3 is 0 Å². The maximum Gasteiger partial charge on any atom is 0.191 e. The molecule has 1 heterocycles. The van der Waals surface area contributed by atoms with Crippen molar-refractivity contribution in [2.75, 3.05) is 13.2 Å². The molecule has 202 valence electrons. The summed E-state index contributed by atoms with van der Waals surface area (Å²) >= 11 is 0. The lowest BCUT2D eigenvalue weighted by atomic mass is 9.49. The number of hydrogen-bond acceptors (Lipinski definition) is 3. The van der Waals surface area contributed by atoms with Crippen molar-refractivity contribution >= 4 is 13.9 Å². The predicted molar refractivity (Wildman–Crippen MR) is 155 cm³/mol. The first-order chi connectivity index (χ1) is 17.4. The molecule has 2 aromatic rings. The Kier molecular flexibility index (Phi) is 6.90. The Hall–Kier alpha value is -1.69. The van der Waals surface area contributed by atoms with Crippen LogP contribution in [0.15, 0.2) is 42.6 Å². The predicted octanol–water partition coefficient (Wildman–Crippen LogP) is 7.28. The molecule has 3 aliphatic rings. The number of H-pyrrole nitrogens is 1. The molecule has 2 N–H and O–H groups in total. The average Bonchev–Trinajstić information content (AvgIpc) is 3.44. The Morgan fingerprint density at radius 1 is 1.14 bits per heavy atom. The smallest absolute Gasteiger partial charge is 0.191 e. The normalized spacial score (nSPS) is 34.1. The van der Waals surface area contributed by atoms with Crippen molar-refractivity contribution in [2.45, 2.75) is 84.9 Å². The highest BCUT2D eigenvalue weighted by Crippen LogP contribution is 2.63. The number of aromatic amines is 1. The summed E-state index contributed by atoms with van der Waals surface area (Å²) in [6.45, 7) is 17.8. The van der Waals surface area contributed by atoms with Gasteiger partial charge in [-0.1, -0.05) is 71.0 Å². The van der Waals surface area contributed by atoms with Crippen molar-refractivity contribution in [3.8, 4) is 0 Å². The number of fused-ring (bicyclic) bond motifs is 2. The number of hydrogen-bond donors (Lipinski definition) is 2. The molecule has 0 unspecified atom stereocenters. The molecule has 5 heteroatoms. The van der Waals surface area contributed by atoms with Gasteiger partial charge in [0.2, 0.25) is 0 Å². The van der Waals surface area contributed by atoms with Crippen molar-refractivity contribution in [1.82, 2.24) is 10.2 Å². The molecule has 0 radical (unpaired) electrons. The van der Waals surface area contributed by atoms with Crippen molar-refractivity contribution in [3.05, 3.63) is 59.4 Å². The van der Waals surface area contributed by atoms with E-state index in [1.54, 1.807) is 0 Å². The highest BCUT2D eigenvalue weighted by molar-refractivity contribution is 6.74. The number of allylic oxidation sites excluding steroid dienone is 2. The van der Waals surface area contributed by atoms with Gasteiger partial charge in [0.25, 0.3) is 0 Å². The van der Waals surface area contributed by atoms with Gasteiger partial charge in [-0.15, -0.1) is 0 Å². The van der Waals surface area contributed by atoms with Crippen LogP contribution in [-0.2, 0) is 17.3 Å². The van der Waals surface area contributed by atoms with Gasteiger partial charge in [-0.05, 0) is 101 Å². The molecule has 1 aromatic heterocycles. The molecule has 1 saturated carbocycles. The Balaban J connectivity index is 1.45. The molecule has 4 nitrogen and oxygen atoms in total. The van der Waals surface area contributed by atoms with Crippen LogP contribution in [-0.4, -0.2) is 36.8 Å². The highest BCUT2D eigenvalue weighted by atomic mass is 28.4. The minimum Gasteiger partial charge on any atom is -0.417 e. The van der Waals surface area contributed by atoms with Crippen LogP contribution >= 0.6 is 0 Å². The summed E-state index contributed by atoms with van der Waals surface area (Å²) < 4.78 is 6.89. The number of aromatic nitrogens is 2. The van der Waals surface area contributed by atoms with E-state index >= 15 is 0 Å². The third-order valence-corrected chi connectivity index (χ3v) is 15.9. The van der Waals surface area contributed by atoms with E-state index in [1.165, 1.54) is 28.8 Å². The third kappa shape index (κ3) is 4.49. The molecule has 1 aromatic carbocycles. The van der Waals surface area contributed by atoms with Gasteiger partial charge < -0.3 is 9.53 Å². The summed E-state index contributed by atoms with van der Waals surface area (Å²) in [7, 11) is -1.87. The molecule has 0 spiro atoms. The number of nitrogens with zero attached hydrogens (tertiary/aromatic N) is 1. The summed E-state index contributed by atoms with van der Waals surface area (Å²) in [4.78, 5) is 0. The molecule has 6 atom stereocenters. The van der Waals surface area contributed by atoms with Gasteiger partial charge in [0, 0.05) is 18.9 Å². The van der Waals surface area contributed by atoms with E-state index in [0.717, 1.165) is 32.3 Å². The number of aliphatic hydroxyl groups excluding tert-OH is 1. The molecule has 1 fully saturated rings. The topological polar surface area (TPSA) is 58.1 Å². The maximum atomic E-state index is 11.0. The zero-order valence-corrected chi connectivity index (χ0v) is 25.1. The fourth-order valence-corrected chi connectivity index (χ4v) is 8.95. The van der Waals surface area contributed by atoms with Crippen LogP contribution in [0.1, 0.15) is 70.7 Å². The van der Waals surface area contributed by atoms with Gasteiger partial charge in [-0.25, -0.2) is 0 Å². The Morgan fingerprint density at radius 2 is 1.86 bits per heavy atom. The first-order valence-electron chi connectivity index (χ1n) is 14.4. The van der Waals surface area contributed by atoms with Crippen LogP contribution < -0.4 is 0 Å². The minimum absolute atomic E-state index is 0.0729. The van der Waals surface area contributed by atoms with Crippen LogP contribution in [0.4, 0.5) is 0 Å². The molecule has 0 bridgehead atoms. The summed E-state index contributed by atoms with van der Waals surface area (Å²) in [5.74, 6) is 1.66. The van der Waals surface area contributed by atoms with Gasteiger partial charge in [0.15, 0.2) is 8.32 Å². The van der Waals surface area contributed by atoms with Crippen LogP contribution in [0.3, 0.4) is 0 Å². The minimum atomic E-state index is -1.87. The van der Waals surface area contributed by atoms with Gasteiger partial charge in [0.1, 0.15) is 0 Å². The number of aliphatic hydroxyl groups is 1. The average molecular weight is 521 g/mol. The van der Waals surface area contributed by atoms with Crippen LogP contribution in [0.2, 0.25) is 18.1 Å². The fourth-order valence-electron chi connectivity index (χ4n) is 7.90. The van der Waals surface area contributed by atoms with Crippen LogP contribution in [0, 0.1) is 34.5 Å². The molecule has 0 aliphatic heterocycles. The maximum absolute atomic E-state index is 11.0. The fraction of sp³-hybridized carbons (Fsp3) is 0.656. The van der Waals surface area contributed by atoms with Crippen molar-refractivity contribution in [2.24, 2.45) is 34.5 Å². The van der Waals surface area contributed by atoms with E-state index in [2.05, 4.69) is 94.3 Å². The lowest BCUT2D eigenvalue weighted by molar-refractivity contribution is -0.0705. The molecule has 0 saturated heterocycles. The Labute approximate surface area is 225 Å². The van der Waals surface area contributed by atoms with Crippen molar-refractivity contribution in [3.63, 3.8) is 0 Å². The first kappa shape index (κ1) is 26.9. The molecular weight excluding hydrogens is 472 g/mol. The van der Waals surface area contributed by atoms with Gasteiger partial charge in [-0.3, -0.25) is 5.10 Å². The quantitative estimate of drug-likeness (QED) is 0.394.